The largest absolute Gasteiger partial charge is 0.332 e. The Morgan fingerprint density at radius 2 is 2.27 bits per heavy atom. The summed E-state index contributed by atoms with van der Waals surface area (Å²) in [5, 5.41) is 3.78. The molecule has 0 saturated heterocycles. The van der Waals surface area contributed by atoms with Crippen LogP contribution in [0.3, 0.4) is 0 Å². The van der Waals surface area contributed by atoms with Crippen molar-refractivity contribution in [2.24, 2.45) is 5.73 Å². The van der Waals surface area contributed by atoms with E-state index < -0.39 is 0 Å². The van der Waals surface area contributed by atoms with Crippen LogP contribution in [0.15, 0.2) is 22.9 Å². The van der Waals surface area contributed by atoms with Gasteiger partial charge in [0.2, 0.25) is 0 Å². The van der Waals surface area contributed by atoms with Gasteiger partial charge in [0.25, 0.3) is 5.89 Å². The minimum atomic E-state index is -0.230. The smallest absolute Gasteiger partial charge is 0.276 e. The van der Waals surface area contributed by atoms with Crippen molar-refractivity contribution in [2.75, 3.05) is 0 Å². The van der Waals surface area contributed by atoms with Crippen LogP contribution in [0, 0.1) is 6.92 Å². The van der Waals surface area contributed by atoms with Crippen LogP contribution < -0.4 is 5.73 Å². The van der Waals surface area contributed by atoms with Crippen LogP contribution in [0.5, 0.6) is 0 Å². The normalized spacial score (nSPS) is 12.7. The van der Waals surface area contributed by atoms with Crippen LogP contribution in [0.2, 0.25) is 0 Å². The standard InChI is InChI=1S/C10H12N4O/c1-6-4-3-5-12-8(6)10-13-9(7(2)11)14-15-10/h3-5,7H,11H2,1-2H3. The molecule has 1 unspecified atom stereocenters. The Morgan fingerprint density at radius 1 is 1.47 bits per heavy atom. The van der Waals surface area contributed by atoms with Gasteiger partial charge in [-0.25, -0.2) is 0 Å². The zero-order valence-electron chi connectivity index (χ0n) is 8.64. The third kappa shape index (κ3) is 1.87. The maximum absolute atomic E-state index is 5.64. The van der Waals surface area contributed by atoms with Crippen LogP contribution in [0.25, 0.3) is 11.6 Å². The minimum absolute atomic E-state index is 0.230. The summed E-state index contributed by atoms with van der Waals surface area (Å²) in [5.41, 5.74) is 7.34. The first-order valence-corrected chi connectivity index (χ1v) is 4.69. The summed E-state index contributed by atoms with van der Waals surface area (Å²) in [6, 6.07) is 3.58. The Balaban J connectivity index is 2.42. The van der Waals surface area contributed by atoms with Crippen LogP contribution in [-0.2, 0) is 0 Å². The molecule has 5 heteroatoms. The number of nitrogens with zero attached hydrogens (tertiary/aromatic N) is 3. The van der Waals surface area contributed by atoms with E-state index >= 15 is 0 Å². The summed E-state index contributed by atoms with van der Waals surface area (Å²) in [4.78, 5) is 8.36. The van der Waals surface area contributed by atoms with E-state index in [4.69, 9.17) is 10.3 Å². The van der Waals surface area contributed by atoms with Gasteiger partial charge in [-0.15, -0.1) is 0 Å². The van der Waals surface area contributed by atoms with Gasteiger partial charge in [-0.1, -0.05) is 11.2 Å². The highest BCUT2D eigenvalue weighted by Crippen LogP contribution is 2.19. The zero-order chi connectivity index (χ0) is 10.8. The molecule has 1 atom stereocenters. The Hall–Kier alpha value is -1.75. The molecule has 78 valence electrons. The fraction of sp³-hybridized carbons (Fsp3) is 0.300. The molecule has 0 fully saturated rings. The summed E-state index contributed by atoms with van der Waals surface area (Å²) in [7, 11) is 0. The molecule has 2 heterocycles. The summed E-state index contributed by atoms with van der Waals surface area (Å²) >= 11 is 0. The van der Waals surface area contributed by atoms with Gasteiger partial charge in [-0.05, 0) is 25.5 Å². The molecule has 0 saturated carbocycles. The Morgan fingerprint density at radius 3 is 2.87 bits per heavy atom. The molecule has 2 aromatic rings. The van der Waals surface area contributed by atoms with E-state index in [9.17, 15) is 0 Å². The Kier molecular flexibility index (Phi) is 2.47. The molecular weight excluding hydrogens is 192 g/mol. The molecule has 0 aliphatic carbocycles. The number of hydrogen-bond donors (Lipinski definition) is 1. The van der Waals surface area contributed by atoms with Gasteiger partial charge in [0.1, 0.15) is 5.69 Å². The second kappa shape index (κ2) is 3.78. The number of aromatic nitrogens is 3. The van der Waals surface area contributed by atoms with Crippen molar-refractivity contribution in [3.05, 3.63) is 29.7 Å². The summed E-state index contributed by atoms with van der Waals surface area (Å²) in [6.45, 7) is 3.75. The maximum Gasteiger partial charge on any atom is 0.276 e. The highest BCUT2D eigenvalue weighted by Gasteiger charge is 2.13. The van der Waals surface area contributed by atoms with E-state index in [0.29, 0.717) is 17.4 Å². The molecule has 0 amide bonds. The van der Waals surface area contributed by atoms with Gasteiger partial charge >= 0.3 is 0 Å². The summed E-state index contributed by atoms with van der Waals surface area (Å²) in [5.74, 6) is 0.912. The molecule has 0 aliphatic rings. The molecule has 2 N–H and O–H groups in total. The van der Waals surface area contributed by atoms with Crippen molar-refractivity contribution in [3.63, 3.8) is 0 Å². The summed E-state index contributed by atoms with van der Waals surface area (Å²) in [6.07, 6.45) is 1.69. The van der Waals surface area contributed by atoms with E-state index in [1.165, 1.54) is 0 Å². The third-order valence-corrected chi connectivity index (χ3v) is 2.06. The molecule has 5 nitrogen and oxygen atoms in total. The van der Waals surface area contributed by atoms with Crippen molar-refractivity contribution >= 4 is 0 Å². The lowest BCUT2D eigenvalue weighted by molar-refractivity contribution is 0.417. The van der Waals surface area contributed by atoms with Crippen LogP contribution in [-0.4, -0.2) is 15.1 Å². The lowest BCUT2D eigenvalue weighted by Crippen LogP contribution is -2.06. The van der Waals surface area contributed by atoms with Gasteiger partial charge < -0.3 is 10.3 Å². The average molecular weight is 204 g/mol. The van der Waals surface area contributed by atoms with Crippen molar-refractivity contribution in [2.45, 2.75) is 19.9 Å². The number of nitrogens with two attached hydrogens (primary N) is 1. The first-order chi connectivity index (χ1) is 7.18. The van der Waals surface area contributed by atoms with Crippen LogP contribution >= 0.6 is 0 Å². The lowest BCUT2D eigenvalue weighted by Gasteiger charge is -1.97. The first-order valence-electron chi connectivity index (χ1n) is 4.69. The second-order valence-electron chi connectivity index (χ2n) is 3.42. The van der Waals surface area contributed by atoms with E-state index in [2.05, 4.69) is 15.1 Å². The number of pyridine rings is 1. The van der Waals surface area contributed by atoms with Crippen molar-refractivity contribution in [1.82, 2.24) is 15.1 Å². The van der Waals surface area contributed by atoms with Gasteiger partial charge in [-0.2, -0.15) is 4.98 Å². The fourth-order valence-electron chi connectivity index (χ4n) is 1.23. The monoisotopic (exact) mass is 204 g/mol. The van der Waals surface area contributed by atoms with Gasteiger partial charge in [0.05, 0.1) is 6.04 Å². The molecule has 0 aromatic carbocycles. The summed E-state index contributed by atoms with van der Waals surface area (Å²) < 4.78 is 5.09. The SMILES string of the molecule is Cc1cccnc1-c1nc(C(C)N)no1. The number of hydrogen-bond acceptors (Lipinski definition) is 5. The molecule has 2 aromatic heterocycles. The molecule has 0 spiro atoms. The molecule has 2 rings (SSSR count). The van der Waals surface area contributed by atoms with E-state index in [0.717, 1.165) is 5.56 Å². The third-order valence-electron chi connectivity index (χ3n) is 2.06. The minimum Gasteiger partial charge on any atom is -0.332 e. The second-order valence-corrected chi connectivity index (χ2v) is 3.42. The maximum atomic E-state index is 5.64. The van der Waals surface area contributed by atoms with Gasteiger partial charge in [-0.3, -0.25) is 4.98 Å². The van der Waals surface area contributed by atoms with E-state index in [1.807, 2.05) is 19.1 Å². The molecule has 15 heavy (non-hydrogen) atoms. The van der Waals surface area contributed by atoms with E-state index in [1.54, 1.807) is 13.1 Å². The quantitative estimate of drug-likeness (QED) is 0.801. The molecule has 0 bridgehead atoms. The van der Waals surface area contributed by atoms with Gasteiger partial charge in [0, 0.05) is 6.20 Å². The average Bonchev–Trinajstić information content (AvgIpc) is 2.67. The van der Waals surface area contributed by atoms with Crippen LogP contribution in [0.1, 0.15) is 24.4 Å². The van der Waals surface area contributed by atoms with Crippen molar-refractivity contribution < 1.29 is 4.52 Å². The van der Waals surface area contributed by atoms with Gasteiger partial charge in [0.15, 0.2) is 5.82 Å². The molecule has 0 aliphatic heterocycles. The highest BCUT2D eigenvalue weighted by atomic mass is 16.5. The highest BCUT2D eigenvalue weighted by molar-refractivity contribution is 5.51. The molecule has 0 radical (unpaired) electrons. The predicted molar refractivity (Wildman–Crippen MR) is 54.9 cm³/mol. The molecular formula is C10H12N4O. The van der Waals surface area contributed by atoms with Crippen molar-refractivity contribution in [1.29, 1.82) is 0 Å². The predicted octanol–water partition coefficient (Wildman–Crippen LogP) is 1.46. The number of rotatable bonds is 2. The van der Waals surface area contributed by atoms with E-state index in [-0.39, 0.29) is 6.04 Å². The Labute approximate surface area is 87.3 Å². The fourth-order valence-corrected chi connectivity index (χ4v) is 1.23. The first kappa shape index (κ1) is 9.79. The van der Waals surface area contributed by atoms with Crippen molar-refractivity contribution in [3.8, 4) is 11.6 Å². The number of aryl methyl sites for hydroxylation is 1. The lowest BCUT2D eigenvalue weighted by atomic mass is 10.2. The zero-order valence-corrected chi connectivity index (χ0v) is 8.64. The van der Waals surface area contributed by atoms with Crippen LogP contribution in [0.4, 0.5) is 0 Å². The Bertz CT molecular complexity index is 464. The topological polar surface area (TPSA) is 77.8 Å².